The lowest BCUT2D eigenvalue weighted by molar-refractivity contribution is -0.180. The first-order chi connectivity index (χ1) is 3.66. The van der Waals surface area contributed by atoms with E-state index in [4.69, 9.17) is 10.3 Å². The summed E-state index contributed by atoms with van der Waals surface area (Å²) in [6.07, 6.45) is -0.490. The summed E-state index contributed by atoms with van der Waals surface area (Å²) < 4.78 is 4.33. The third kappa shape index (κ3) is 4.15. The van der Waals surface area contributed by atoms with E-state index in [0.29, 0.717) is 0 Å². The Balaban J connectivity index is 3.24. The Hall–Kier alpha value is -0.0200. The van der Waals surface area contributed by atoms with Gasteiger partial charge < -0.3 is 10.00 Å². The van der Waals surface area contributed by atoms with E-state index >= 15 is 0 Å². The van der Waals surface area contributed by atoms with Gasteiger partial charge in [0.2, 0.25) is 0 Å². The van der Waals surface area contributed by atoms with Crippen molar-refractivity contribution < 1.29 is 14.5 Å². The van der Waals surface area contributed by atoms with Crippen molar-refractivity contribution in [2.75, 3.05) is 6.61 Å². The second-order valence-electron chi connectivity index (χ2n) is 1.36. The molecule has 0 aromatic rings. The molecule has 5 heteroatoms. The summed E-state index contributed by atoms with van der Waals surface area (Å²) in [5.74, 6) is 0. The van der Waals surface area contributed by atoms with Crippen LogP contribution in [0.2, 0.25) is 0 Å². The van der Waals surface area contributed by atoms with Crippen LogP contribution in [0.15, 0.2) is 0 Å². The van der Waals surface area contributed by atoms with Crippen LogP contribution in [0, 0.1) is 5.16 Å². The average molecular weight is 137 g/mol. The molecule has 8 heavy (non-hydrogen) atoms. The molecule has 0 aromatic heterocycles. The zero-order chi connectivity index (χ0) is 6.57. The van der Waals surface area contributed by atoms with Crippen LogP contribution in [-0.2, 0) is 4.52 Å². The Kier molecular flexibility index (Phi) is 3.91. The SMILES string of the molecule is CC(CO)O[P+](=N)[O-]. The predicted molar refractivity (Wildman–Crippen MR) is 27.3 cm³/mol. The molecule has 0 spiro atoms. The van der Waals surface area contributed by atoms with Crippen molar-refractivity contribution in [1.82, 2.24) is 0 Å². The zero-order valence-corrected chi connectivity index (χ0v) is 5.39. The van der Waals surface area contributed by atoms with Crippen LogP contribution in [0.5, 0.6) is 0 Å². The molecule has 48 valence electrons. The lowest BCUT2D eigenvalue weighted by Crippen LogP contribution is -2.10. The lowest BCUT2D eigenvalue weighted by Gasteiger charge is -1.99. The summed E-state index contributed by atoms with van der Waals surface area (Å²) in [5, 5.41) is 14.6. The zero-order valence-electron chi connectivity index (χ0n) is 4.50. The van der Waals surface area contributed by atoms with Gasteiger partial charge in [0.25, 0.3) is 0 Å². The molecule has 0 amide bonds. The quantitative estimate of drug-likeness (QED) is 0.529. The molecule has 0 saturated heterocycles. The highest BCUT2D eigenvalue weighted by atomic mass is 31.1. The topological polar surface area (TPSA) is 76.4 Å². The van der Waals surface area contributed by atoms with Crippen molar-refractivity contribution in [3.05, 3.63) is 0 Å². The van der Waals surface area contributed by atoms with Crippen LogP contribution < -0.4 is 4.89 Å². The molecule has 4 nitrogen and oxygen atoms in total. The van der Waals surface area contributed by atoms with Crippen molar-refractivity contribution in [3.8, 4) is 0 Å². The summed E-state index contributed by atoms with van der Waals surface area (Å²) in [7, 11) is -2.31. The van der Waals surface area contributed by atoms with Gasteiger partial charge in [-0.05, 0) is 6.92 Å². The summed E-state index contributed by atoms with van der Waals surface area (Å²) in [5.41, 5.74) is 0. The maximum Gasteiger partial charge on any atom is 0.339 e. The Morgan fingerprint density at radius 1 is 2.00 bits per heavy atom. The second kappa shape index (κ2) is 3.92. The van der Waals surface area contributed by atoms with Gasteiger partial charge in [0.1, 0.15) is 6.10 Å². The van der Waals surface area contributed by atoms with Gasteiger partial charge in [0.15, 0.2) is 0 Å². The Morgan fingerprint density at radius 3 is 2.62 bits per heavy atom. The maximum absolute atomic E-state index is 9.89. The van der Waals surface area contributed by atoms with E-state index in [1.807, 2.05) is 0 Å². The average Bonchev–Trinajstić information content (AvgIpc) is 1.65. The third-order valence-corrected chi connectivity index (χ3v) is 1.08. The minimum absolute atomic E-state index is 0.194. The van der Waals surface area contributed by atoms with Crippen LogP contribution in [0.4, 0.5) is 0 Å². The molecule has 0 saturated carbocycles. The van der Waals surface area contributed by atoms with E-state index in [1.165, 1.54) is 0 Å². The minimum atomic E-state index is -2.31. The number of rotatable bonds is 3. The molecule has 2 N–H and O–H groups in total. The number of nitrogens with one attached hydrogen (secondary N) is 1. The molecule has 0 aliphatic heterocycles. The first kappa shape index (κ1) is 7.98. The van der Waals surface area contributed by atoms with Crippen molar-refractivity contribution in [2.45, 2.75) is 13.0 Å². The smallest absolute Gasteiger partial charge is 0.339 e. The van der Waals surface area contributed by atoms with Crippen LogP contribution in [0.1, 0.15) is 6.92 Å². The molecule has 0 bridgehead atoms. The number of hydrogen-bond donors (Lipinski definition) is 2. The number of hydrogen-bond acceptors (Lipinski definition) is 4. The highest BCUT2D eigenvalue weighted by Gasteiger charge is 2.04. The number of aliphatic hydroxyl groups is 1. The molecular weight excluding hydrogens is 129 g/mol. The normalized spacial score (nSPS) is 15.6. The van der Waals surface area contributed by atoms with Gasteiger partial charge in [0.05, 0.1) is 6.61 Å². The molecule has 2 atom stereocenters. The first-order valence-corrected chi connectivity index (χ1v) is 3.30. The van der Waals surface area contributed by atoms with E-state index in [2.05, 4.69) is 4.52 Å². The molecule has 2 unspecified atom stereocenters. The predicted octanol–water partition coefficient (Wildman–Crippen LogP) is -0.182. The third-order valence-electron chi connectivity index (χ3n) is 0.533. The molecule has 0 fully saturated rings. The molecule has 0 radical (unpaired) electrons. The fourth-order valence-electron chi connectivity index (χ4n) is 0.197. The fourth-order valence-corrected chi connectivity index (χ4v) is 0.590. The van der Waals surface area contributed by atoms with Crippen molar-refractivity contribution in [3.63, 3.8) is 0 Å². The van der Waals surface area contributed by atoms with E-state index in [0.717, 1.165) is 0 Å². The molecular formula is C3H8NO3P. The van der Waals surface area contributed by atoms with Gasteiger partial charge in [-0.1, -0.05) is 5.16 Å². The summed E-state index contributed by atoms with van der Waals surface area (Å²) in [4.78, 5) is 9.89. The summed E-state index contributed by atoms with van der Waals surface area (Å²) in [6, 6.07) is 0. The van der Waals surface area contributed by atoms with E-state index in [9.17, 15) is 4.89 Å². The first-order valence-electron chi connectivity index (χ1n) is 2.13. The highest BCUT2D eigenvalue weighted by Crippen LogP contribution is 2.12. The summed E-state index contributed by atoms with van der Waals surface area (Å²) in [6.45, 7) is 1.35. The van der Waals surface area contributed by atoms with E-state index < -0.39 is 14.3 Å². The van der Waals surface area contributed by atoms with Gasteiger partial charge >= 0.3 is 8.17 Å². The monoisotopic (exact) mass is 137 g/mol. The number of aliphatic hydroxyl groups excluding tert-OH is 1. The molecule has 0 heterocycles. The van der Waals surface area contributed by atoms with Crippen molar-refractivity contribution in [2.24, 2.45) is 0 Å². The Bertz CT molecular complexity index is 86.6. The Labute approximate surface area is 48.5 Å². The van der Waals surface area contributed by atoms with Gasteiger partial charge in [0, 0.05) is 0 Å². The molecule has 0 rings (SSSR count). The van der Waals surface area contributed by atoms with Crippen LogP contribution in [0.3, 0.4) is 0 Å². The van der Waals surface area contributed by atoms with E-state index in [-0.39, 0.29) is 6.61 Å². The molecule has 0 aromatic carbocycles. The van der Waals surface area contributed by atoms with Crippen LogP contribution >= 0.6 is 8.17 Å². The standard InChI is InChI=1S/C3H8NO3P/c1-3(2-5)7-8(4)6/h3-5H,2H2,1H3. The molecule has 0 aliphatic rings. The lowest BCUT2D eigenvalue weighted by atomic mass is 10.5. The van der Waals surface area contributed by atoms with E-state index in [1.54, 1.807) is 6.92 Å². The highest BCUT2D eigenvalue weighted by molar-refractivity contribution is 7.31. The largest absolute Gasteiger partial charge is 0.584 e. The van der Waals surface area contributed by atoms with Crippen LogP contribution in [-0.4, -0.2) is 17.8 Å². The van der Waals surface area contributed by atoms with Crippen molar-refractivity contribution in [1.29, 1.82) is 5.16 Å². The van der Waals surface area contributed by atoms with Crippen LogP contribution in [0.25, 0.3) is 0 Å². The second-order valence-corrected chi connectivity index (χ2v) is 2.08. The Morgan fingerprint density at radius 2 is 2.50 bits per heavy atom. The molecule has 0 aliphatic carbocycles. The van der Waals surface area contributed by atoms with Gasteiger partial charge in [-0.3, -0.25) is 0 Å². The fraction of sp³-hybridized carbons (Fsp3) is 1.00. The maximum atomic E-state index is 9.89. The van der Waals surface area contributed by atoms with Crippen molar-refractivity contribution >= 4 is 8.17 Å². The summed E-state index contributed by atoms with van der Waals surface area (Å²) >= 11 is 0. The van der Waals surface area contributed by atoms with Gasteiger partial charge in [-0.2, -0.15) is 4.52 Å². The minimum Gasteiger partial charge on any atom is -0.584 e. The van der Waals surface area contributed by atoms with Gasteiger partial charge in [-0.25, -0.2) is 0 Å². The van der Waals surface area contributed by atoms with Gasteiger partial charge in [-0.15, -0.1) is 0 Å².